The predicted molar refractivity (Wildman–Crippen MR) is 85.3 cm³/mol. The fourth-order valence-corrected chi connectivity index (χ4v) is 2.65. The van der Waals surface area contributed by atoms with Crippen LogP contribution in [0.2, 0.25) is 0 Å². The van der Waals surface area contributed by atoms with E-state index in [0.717, 1.165) is 5.69 Å². The predicted octanol–water partition coefficient (Wildman–Crippen LogP) is 1.83. The summed E-state index contributed by atoms with van der Waals surface area (Å²) < 4.78 is 11.0. The Morgan fingerprint density at radius 1 is 1.42 bits per heavy atom. The molecule has 2 unspecified atom stereocenters. The van der Waals surface area contributed by atoms with Gasteiger partial charge in [0.05, 0.1) is 29.9 Å². The van der Waals surface area contributed by atoms with Crippen LogP contribution in [0.25, 0.3) is 11.5 Å². The zero-order chi connectivity index (χ0) is 17.1. The number of nitrogens with zero attached hydrogens (tertiary/aromatic N) is 3. The Morgan fingerprint density at radius 2 is 2.17 bits per heavy atom. The SMILES string of the molecule is CC1COC(CO)CN1Cc1coc(-c2ccc([N+](=O)[O-])cc2)n1. The molecule has 1 aromatic carbocycles. The number of hydrogen-bond donors (Lipinski definition) is 1. The van der Waals surface area contributed by atoms with E-state index in [4.69, 9.17) is 9.15 Å². The van der Waals surface area contributed by atoms with Crippen LogP contribution in [0.3, 0.4) is 0 Å². The van der Waals surface area contributed by atoms with Gasteiger partial charge in [-0.15, -0.1) is 0 Å². The third-order valence-corrected chi connectivity index (χ3v) is 4.08. The molecule has 2 heterocycles. The summed E-state index contributed by atoms with van der Waals surface area (Å²) in [5.41, 5.74) is 1.49. The second-order valence-electron chi connectivity index (χ2n) is 5.86. The van der Waals surface area contributed by atoms with Crippen molar-refractivity contribution in [3.8, 4) is 11.5 Å². The molecule has 0 saturated carbocycles. The van der Waals surface area contributed by atoms with Crippen molar-refractivity contribution in [1.29, 1.82) is 0 Å². The standard InChI is InChI=1S/C16H19N3O5/c1-11-9-23-15(8-20)7-18(11)6-13-10-24-16(17-13)12-2-4-14(5-3-12)19(21)22/h2-5,10-11,15,20H,6-9H2,1H3. The number of rotatable bonds is 5. The maximum Gasteiger partial charge on any atom is 0.269 e. The second-order valence-corrected chi connectivity index (χ2v) is 5.86. The number of benzene rings is 1. The maximum absolute atomic E-state index is 10.7. The first-order valence-corrected chi connectivity index (χ1v) is 7.72. The highest BCUT2D eigenvalue weighted by Gasteiger charge is 2.26. The Labute approximate surface area is 138 Å². The van der Waals surface area contributed by atoms with Crippen molar-refractivity contribution < 1.29 is 19.2 Å². The van der Waals surface area contributed by atoms with Crippen LogP contribution in [0.4, 0.5) is 5.69 Å². The number of non-ortho nitro benzene ring substituents is 1. The van der Waals surface area contributed by atoms with Crippen LogP contribution in [0.5, 0.6) is 0 Å². The number of ether oxygens (including phenoxy) is 1. The molecule has 0 radical (unpaired) electrons. The molecule has 2 atom stereocenters. The fourth-order valence-electron chi connectivity index (χ4n) is 2.65. The molecule has 1 aliphatic rings. The summed E-state index contributed by atoms with van der Waals surface area (Å²) in [6.07, 6.45) is 1.41. The summed E-state index contributed by atoms with van der Waals surface area (Å²) in [6, 6.07) is 6.32. The molecular weight excluding hydrogens is 314 g/mol. The number of nitro groups is 1. The number of aromatic nitrogens is 1. The van der Waals surface area contributed by atoms with Crippen LogP contribution in [-0.2, 0) is 11.3 Å². The van der Waals surface area contributed by atoms with Crippen molar-refractivity contribution >= 4 is 5.69 Å². The summed E-state index contributed by atoms with van der Waals surface area (Å²) in [5, 5.41) is 19.9. The smallest absolute Gasteiger partial charge is 0.269 e. The number of morpholine rings is 1. The summed E-state index contributed by atoms with van der Waals surface area (Å²) in [7, 11) is 0. The highest BCUT2D eigenvalue weighted by molar-refractivity contribution is 5.55. The van der Waals surface area contributed by atoms with E-state index in [9.17, 15) is 15.2 Å². The van der Waals surface area contributed by atoms with Gasteiger partial charge >= 0.3 is 0 Å². The second kappa shape index (κ2) is 7.08. The number of nitro benzene ring substituents is 1. The molecule has 128 valence electrons. The molecule has 0 amide bonds. The first-order valence-electron chi connectivity index (χ1n) is 7.72. The summed E-state index contributed by atoms with van der Waals surface area (Å²) in [6.45, 7) is 3.86. The average molecular weight is 333 g/mol. The monoisotopic (exact) mass is 333 g/mol. The third kappa shape index (κ3) is 3.61. The van der Waals surface area contributed by atoms with Crippen molar-refractivity contribution in [2.75, 3.05) is 19.8 Å². The Kier molecular flexibility index (Phi) is 4.89. The molecule has 24 heavy (non-hydrogen) atoms. The van der Waals surface area contributed by atoms with Gasteiger partial charge in [0.25, 0.3) is 5.69 Å². The van der Waals surface area contributed by atoms with Crippen molar-refractivity contribution in [1.82, 2.24) is 9.88 Å². The number of oxazole rings is 1. The topological polar surface area (TPSA) is 102 Å². The van der Waals surface area contributed by atoms with Gasteiger partial charge in [-0.25, -0.2) is 4.98 Å². The maximum atomic E-state index is 10.7. The van der Waals surface area contributed by atoms with Gasteiger partial charge in [0.15, 0.2) is 0 Å². The van der Waals surface area contributed by atoms with Crippen molar-refractivity contribution in [3.05, 3.63) is 46.3 Å². The zero-order valence-electron chi connectivity index (χ0n) is 13.3. The van der Waals surface area contributed by atoms with Gasteiger partial charge in [-0.05, 0) is 19.1 Å². The van der Waals surface area contributed by atoms with Crippen LogP contribution in [-0.4, -0.2) is 51.8 Å². The Balaban J connectivity index is 1.70. The largest absolute Gasteiger partial charge is 0.444 e. The van der Waals surface area contributed by atoms with Gasteiger partial charge in [-0.2, -0.15) is 0 Å². The van der Waals surface area contributed by atoms with E-state index in [0.29, 0.717) is 31.2 Å². The van der Waals surface area contributed by atoms with Crippen molar-refractivity contribution in [2.45, 2.75) is 25.6 Å². The molecule has 3 rings (SSSR count). The lowest BCUT2D eigenvalue weighted by molar-refractivity contribution is -0.384. The third-order valence-electron chi connectivity index (χ3n) is 4.08. The zero-order valence-corrected chi connectivity index (χ0v) is 13.3. The average Bonchev–Trinajstić information content (AvgIpc) is 3.05. The van der Waals surface area contributed by atoms with E-state index < -0.39 is 4.92 Å². The molecule has 0 spiro atoms. The highest BCUT2D eigenvalue weighted by Crippen LogP contribution is 2.23. The van der Waals surface area contributed by atoms with E-state index in [-0.39, 0.29) is 24.4 Å². The van der Waals surface area contributed by atoms with Crippen LogP contribution in [0.15, 0.2) is 34.9 Å². The van der Waals surface area contributed by atoms with E-state index in [1.54, 1.807) is 18.4 Å². The Bertz CT molecular complexity index is 700. The molecule has 0 aliphatic carbocycles. The number of aliphatic hydroxyl groups is 1. The van der Waals surface area contributed by atoms with Crippen LogP contribution in [0, 0.1) is 10.1 Å². The molecule has 8 nitrogen and oxygen atoms in total. The minimum atomic E-state index is -0.442. The van der Waals surface area contributed by atoms with E-state index in [1.807, 2.05) is 0 Å². The van der Waals surface area contributed by atoms with E-state index in [1.165, 1.54) is 12.1 Å². The Hall–Kier alpha value is -2.29. The quantitative estimate of drug-likeness (QED) is 0.658. The fraction of sp³-hybridized carbons (Fsp3) is 0.438. The molecule has 2 aromatic rings. The molecule has 1 saturated heterocycles. The van der Waals surface area contributed by atoms with Gasteiger partial charge in [-0.3, -0.25) is 15.0 Å². The summed E-state index contributed by atoms with van der Waals surface area (Å²) in [4.78, 5) is 16.9. The molecule has 8 heteroatoms. The van der Waals surface area contributed by atoms with Crippen molar-refractivity contribution in [2.24, 2.45) is 0 Å². The van der Waals surface area contributed by atoms with Crippen LogP contribution in [0.1, 0.15) is 12.6 Å². The number of hydrogen-bond acceptors (Lipinski definition) is 7. The Morgan fingerprint density at radius 3 is 2.83 bits per heavy atom. The lowest BCUT2D eigenvalue weighted by atomic mass is 10.2. The van der Waals surface area contributed by atoms with Gasteiger partial charge in [0.1, 0.15) is 6.26 Å². The van der Waals surface area contributed by atoms with Gasteiger partial charge in [0.2, 0.25) is 5.89 Å². The number of aliphatic hydroxyl groups excluding tert-OH is 1. The molecule has 1 N–H and O–H groups in total. The lowest BCUT2D eigenvalue weighted by Crippen LogP contribution is -2.48. The highest BCUT2D eigenvalue weighted by atomic mass is 16.6. The first-order chi connectivity index (χ1) is 11.6. The molecule has 1 aliphatic heterocycles. The lowest BCUT2D eigenvalue weighted by Gasteiger charge is -2.36. The minimum Gasteiger partial charge on any atom is -0.444 e. The molecule has 1 fully saturated rings. The summed E-state index contributed by atoms with van der Waals surface area (Å²) >= 11 is 0. The van der Waals surface area contributed by atoms with Gasteiger partial charge in [0, 0.05) is 36.8 Å². The van der Waals surface area contributed by atoms with Crippen molar-refractivity contribution in [3.63, 3.8) is 0 Å². The van der Waals surface area contributed by atoms with E-state index in [2.05, 4.69) is 16.8 Å². The van der Waals surface area contributed by atoms with E-state index >= 15 is 0 Å². The van der Waals surface area contributed by atoms with Crippen LogP contribution < -0.4 is 0 Å². The first kappa shape index (κ1) is 16.6. The van der Waals surface area contributed by atoms with Crippen LogP contribution >= 0.6 is 0 Å². The van der Waals surface area contributed by atoms with Gasteiger partial charge < -0.3 is 14.3 Å². The normalized spacial score (nSPS) is 21.8. The molecule has 1 aromatic heterocycles. The summed E-state index contributed by atoms with van der Waals surface area (Å²) in [5.74, 6) is 0.430. The molecule has 0 bridgehead atoms. The minimum absolute atomic E-state index is 0.00389. The molecular formula is C16H19N3O5. The van der Waals surface area contributed by atoms with Gasteiger partial charge in [-0.1, -0.05) is 0 Å².